The van der Waals surface area contributed by atoms with Crippen LogP contribution in [0.1, 0.15) is 21.5 Å². The van der Waals surface area contributed by atoms with Crippen LogP contribution in [-0.4, -0.2) is 25.1 Å². The van der Waals surface area contributed by atoms with Crippen molar-refractivity contribution in [2.75, 3.05) is 14.2 Å². The maximum absolute atomic E-state index is 12.0. The third kappa shape index (κ3) is 4.11. The zero-order valence-corrected chi connectivity index (χ0v) is 13.6. The van der Waals surface area contributed by atoms with E-state index in [2.05, 4.69) is 10.3 Å². The fourth-order valence-electron chi connectivity index (χ4n) is 1.99. The van der Waals surface area contributed by atoms with Crippen LogP contribution in [0.5, 0.6) is 11.5 Å². The Bertz CT molecular complexity index is 633. The molecule has 0 atom stereocenters. The van der Waals surface area contributed by atoms with Gasteiger partial charge in [-0.25, -0.2) is 0 Å². The molecule has 0 aliphatic rings. The molecule has 0 spiro atoms. The van der Waals surface area contributed by atoms with Crippen molar-refractivity contribution < 1.29 is 14.3 Å². The van der Waals surface area contributed by atoms with E-state index in [1.807, 2.05) is 19.1 Å². The molecular formula is C16H19ClN2O3. The fourth-order valence-corrected chi connectivity index (χ4v) is 1.99. The molecule has 0 aliphatic heterocycles. The minimum absolute atomic E-state index is 0. The molecule has 0 fully saturated rings. The molecular weight excluding hydrogens is 304 g/mol. The van der Waals surface area contributed by atoms with Crippen LogP contribution in [0.15, 0.2) is 36.7 Å². The summed E-state index contributed by atoms with van der Waals surface area (Å²) in [7, 11) is 3.19. The van der Waals surface area contributed by atoms with Crippen molar-refractivity contribution in [3.8, 4) is 11.5 Å². The first-order valence-electron chi connectivity index (χ1n) is 6.55. The molecule has 1 aromatic heterocycles. The molecule has 0 saturated carbocycles. The minimum Gasteiger partial charge on any atom is -0.493 e. The Balaban J connectivity index is 0.00000242. The number of nitrogens with one attached hydrogen (secondary N) is 1. The second-order valence-electron chi connectivity index (χ2n) is 4.55. The van der Waals surface area contributed by atoms with E-state index < -0.39 is 0 Å². The van der Waals surface area contributed by atoms with Crippen molar-refractivity contribution in [2.24, 2.45) is 0 Å². The van der Waals surface area contributed by atoms with Crippen molar-refractivity contribution >= 4 is 18.3 Å². The summed E-state index contributed by atoms with van der Waals surface area (Å²) in [6.45, 7) is 2.39. The summed E-state index contributed by atoms with van der Waals surface area (Å²) in [6, 6.07) is 7.13. The number of ether oxygens (including phenoxy) is 2. The van der Waals surface area contributed by atoms with Crippen molar-refractivity contribution in [3.05, 3.63) is 53.3 Å². The molecule has 0 aliphatic carbocycles. The molecule has 1 N–H and O–H groups in total. The van der Waals surface area contributed by atoms with Crippen LogP contribution in [0.4, 0.5) is 0 Å². The van der Waals surface area contributed by atoms with Gasteiger partial charge in [0.1, 0.15) is 0 Å². The number of carbonyl (C=O) groups excluding carboxylic acids is 1. The maximum atomic E-state index is 12.0. The Labute approximate surface area is 136 Å². The lowest BCUT2D eigenvalue weighted by atomic mass is 10.1. The van der Waals surface area contributed by atoms with E-state index in [-0.39, 0.29) is 18.3 Å². The second kappa shape index (κ2) is 8.24. The number of pyridine rings is 1. The Morgan fingerprint density at radius 3 is 2.32 bits per heavy atom. The highest BCUT2D eigenvalue weighted by Gasteiger charge is 2.10. The van der Waals surface area contributed by atoms with Gasteiger partial charge in [0.25, 0.3) is 5.91 Å². The number of hydrogen-bond donors (Lipinski definition) is 1. The average molecular weight is 323 g/mol. The van der Waals surface area contributed by atoms with Gasteiger partial charge in [0.2, 0.25) is 0 Å². The molecule has 2 rings (SSSR count). The van der Waals surface area contributed by atoms with Gasteiger partial charge in [-0.3, -0.25) is 9.78 Å². The molecule has 2 aromatic rings. The molecule has 1 amide bonds. The van der Waals surface area contributed by atoms with Gasteiger partial charge in [0, 0.05) is 24.5 Å². The predicted molar refractivity (Wildman–Crippen MR) is 86.9 cm³/mol. The molecule has 0 radical (unpaired) electrons. The predicted octanol–water partition coefficient (Wildman–Crippen LogP) is 2.76. The first kappa shape index (κ1) is 17.8. The number of benzene rings is 1. The third-order valence-corrected chi connectivity index (χ3v) is 3.22. The van der Waals surface area contributed by atoms with Crippen molar-refractivity contribution in [1.82, 2.24) is 10.3 Å². The highest BCUT2D eigenvalue weighted by molar-refractivity contribution is 5.93. The molecule has 118 valence electrons. The van der Waals surface area contributed by atoms with E-state index in [4.69, 9.17) is 9.47 Å². The lowest BCUT2D eigenvalue weighted by Gasteiger charge is -2.13. The first-order valence-corrected chi connectivity index (χ1v) is 6.55. The van der Waals surface area contributed by atoms with E-state index in [9.17, 15) is 4.79 Å². The van der Waals surface area contributed by atoms with Gasteiger partial charge < -0.3 is 14.8 Å². The summed E-state index contributed by atoms with van der Waals surface area (Å²) in [5.74, 6) is 1.20. The second-order valence-corrected chi connectivity index (χ2v) is 4.55. The standard InChI is InChI=1S/C16H18N2O3.ClH/c1-11-8-14(20-2)15(21-3)9-13(11)10-18-16(19)12-4-6-17-7-5-12;/h4-9H,10H2,1-3H3,(H,18,19);1H. The Kier molecular flexibility index (Phi) is 6.66. The van der Waals surface area contributed by atoms with Gasteiger partial charge in [0.05, 0.1) is 14.2 Å². The van der Waals surface area contributed by atoms with Gasteiger partial charge in [-0.1, -0.05) is 0 Å². The molecule has 6 heteroatoms. The summed E-state index contributed by atoms with van der Waals surface area (Å²) in [4.78, 5) is 15.9. The monoisotopic (exact) mass is 322 g/mol. The Hall–Kier alpha value is -2.27. The Morgan fingerprint density at radius 2 is 1.73 bits per heavy atom. The molecule has 1 aromatic carbocycles. The summed E-state index contributed by atoms with van der Waals surface area (Å²) < 4.78 is 10.5. The van der Waals surface area contributed by atoms with Crippen molar-refractivity contribution in [3.63, 3.8) is 0 Å². The lowest BCUT2D eigenvalue weighted by molar-refractivity contribution is 0.0950. The fraction of sp³-hybridized carbons (Fsp3) is 0.250. The number of aryl methyl sites for hydroxylation is 1. The molecule has 5 nitrogen and oxygen atoms in total. The average Bonchev–Trinajstić information content (AvgIpc) is 2.53. The van der Waals surface area contributed by atoms with Gasteiger partial charge in [0.15, 0.2) is 11.5 Å². The molecule has 0 saturated heterocycles. The number of carbonyl (C=O) groups is 1. The molecule has 22 heavy (non-hydrogen) atoms. The van der Waals surface area contributed by atoms with E-state index in [0.717, 1.165) is 11.1 Å². The molecule has 1 heterocycles. The smallest absolute Gasteiger partial charge is 0.251 e. The number of hydrogen-bond acceptors (Lipinski definition) is 4. The van der Waals surface area contributed by atoms with Crippen LogP contribution in [0.3, 0.4) is 0 Å². The summed E-state index contributed by atoms with van der Waals surface area (Å²) in [5.41, 5.74) is 2.60. The normalized spacial score (nSPS) is 9.59. The first-order chi connectivity index (χ1) is 10.2. The SMILES string of the molecule is COc1cc(C)c(CNC(=O)c2ccncc2)cc1OC.Cl. The zero-order chi connectivity index (χ0) is 15.2. The topological polar surface area (TPSA) is 60.5 Å². The van der Waals surface area contributed by atoms with Crippen LogP contribution in [-0.2, 0) is 6.54 Å². The van der Waals surface area contributed by atoms with Crippen LogP contribution < -0.4 is 14.8 Å². The van der Waals surface area contributed by atoms with E-state index in [1.54, 1.807) is 38.7 Å². The number of methoxy groups -OCH3 is 2. The van der Waals surface area contributed by atoms with Crippen LogP contribution in [0, 0.1) is 6.92 Å². The highest BCUT2D eigenvalue weighted by atomic mass is 35.5. The lowest BCUT2D eigenvalue weighted by Crippen LogP contribution is -2.23. The third-order valence-electron chi connectivity index (χ3n) is 3.22. The number of nitrogens with zero attached hydrogens (tertiary/aromatic N) is 1. The number of amides is 1. The highest BCUT2D eigenvalue weighted by Crippen LogP contribution is 2.30. The van der Waals surface area contributed by atoms with Crippen LogP contribution in [0.2, 0.25) is 0 Å². The van der Waals surface area contributed by atoms with Gasteiger partial charge in [-0.05, 0) is 42.3 Å². The van der Waals surface area contributed by atoms with E-state index in [0.29, 0.717) is 23.6 Å². The van der Waals surface area contributed by atoms with Gasteiger partial charge >= 0.3 is 0 Å². The maximum Gasteiger partial charge on any atom is 0.251 e. The summed E-state index contributed by atoms with van der Waals surface area (Å²) in [6.07, 6.45) is 3.19. The van der Waals surface area contributed by atoms with Crippen LogP contribution in [0.25, 0.3) is 0 Å². The summed E-state index contributed by atoms with van der Waals surface area (Å²) in [5, 5.41) is 2.88. The molecule has 0 unspecified atom stereocenters. The molecule has 0 bridgehead atoms. The van der Waals surface area contributed by atoms with Crippen molar-refractivity contribution in [1.29, 1.82) is 0 Å². The number of halogens is 1. The quantitative estimate of drug-likeness (QED) is 0.919. The van der Waals surface area contributed by atoms with Crippen molar-refractivity contribution in [2.45, 2.75) is 13.5 Å². The number of rotatable bonds is 5. The van der Waals surface area contributed by atoms with Gasteiger partial charge in [-0.2, -0.15) is 0 Å². The largest absolute Gasteiger partial charge is 0.493 e. The van der Waals surface area contributed by atoms with Gasteiger partial charge in [-0.15, -0.1) is 12.4 Å². The number of aromatic nitrogens is 1. The van der Waals surface area contributed by atoms with Crippen LogP contribution >= 0.6 is 12.4 Å². The Morgan fingerprint density at radius 1 is 1.14 bits per heavy atom. The summed E-state index contributed by atoms with van der Waals surface area (Å²) >= 11 is 0. The minimum atomic E-state index is -0.133. The van der Waals surface area contributed by atoms with E-state index >= 15 is 0 Å². The zero-order valence-electron chi connectivity index (χ0n) is 12.8. The van der Waals surface area contributed by atoms with E-state index in [1.165, 1.54) is 0 Å².